The molecule has 0 aromatic heterocycles. The molecule has 1 aliphatic rings. The van der Waals surface area contributed by atoms with Crippen molar-refractivity contribution >= 4 is 0 Å². The molecule has 1 fully saturated rings. The minimum absolute atomic E-state index is 0.355. The summed E-state index contributed by atoms with van der Waals surface area (Å²) >= 11 is 0. The van der Waals surface area contributed by atoms with Gasteiger partial charge in [0.15, 0.2) is 0 Å². The van der Waals surface area contributed by atoms with Crippen molar-refractivity contribution in [3.05, 3.63) is 0 Å². The second kappa shape index (κ2) is 8.04. The lowest BCUT2D eigenvalue weighted by Gasteiger charge is -2.31. The summed E-state index contributed by atoms with van der Waals surface area (Å²) in [5.74, 6) is 1.17. The minimum atomic E-state index is 0.355. The zero-order valence-corrected chi connectivity index (χ0v) is 10.7. The molecule has 1 rings (SSSR count). The van der Waals surface area contributed by atoms with Crippen molar-refractivity contribution in [1.82, 2.24) is 5.32 Å². The Morgan fingerprint density at radius 3 is 2.56 bits per heavy atom. The van der Waals surface area contributed by atoms with Crippen LogP contribution < -0.4 is 5.32 Å². The van der Waals surface area contributed by atoms with Gasteiger partial charge in [0.1, 0.15) is 0 Å². The van der Waals surface area contributed by atoms with Gasteiger partial charge in [0.2, 0.25) is 0 Å². The standard InChI is InChI=1S/C13H27NO2/c1-3-13(10-16-2)14-8-11-6-4-5-7-12(11)9-15/h11-15H,3-10H2,1-2H3. The molecule has 0 aromatic rings. The number of nitrogens with one attached hydrogen (secondary N) is 1. The van der Waals surface area contributed by atoms with Gasteiger partial charge in [0.25, 0.3) is 0 Å². The summed E-state index contributed by atoms with van der Waals surface area (Å²) in [5, 5.41) is 12.9. The number of aliphatic hydroxyl groups is 1. The van der Waals surface area contributed by atoms with E-state index in [1.807, 2.05) is 0 Å². The van der Waals surface area contributed by atoms with Crippen LogP contribution in [0, 0.1) is 11.8 Å². The Kier molecular flexibility index (Phi) is 7.01. The molecule has 1 saturated carbocycles. The first kappa shape index (κ1) is 13.9. The fourth-order valence-electron chi connectivity index (χ4n) is 2.63. The zero-order chi connectivity index (χ0) is 11.8. The van der Waals surface area contributed by atoms with E-state index >= 15 is 0 Å². The molecular weight excluding hydrogens is 202 g/mol. The lowest BCUT2D eigenvalue weighted by atomic mass is 9.79. The van der Waals surface area contributed by atoms with Gasteiger partial charge < -0.3 is 15.2 Å². The van der Waals surface area contributed by atoms with Crippen molar-refractivity contribution in [3.8, 4) is 0 Å². The SMILES string of the molecule is CCC(COC)NCC1CCCCC1CO. The van der Waals surface area contributed by atoms with Gasteiger partial charge in [-0.25, -0.2) is 0 Å². The molecule has 0 aromatic carbocycles. The average molecular weight is 229 g/mol. The minimum Gasteiger partial charge on any atom is -0.396 e. The monoisotopic (exact) mass is 229 g/mol. The van der Waals surface area contributed by atoms with E-state index in [4.69, 9.17) is 4.74 Å². The first-order valence-corrected chi connectivity index (χ1v) is 6.65. The molecule has 0 amide bonds. The molecule has 2 N–H and O–H groups in total. The molecule has 3 nitrogen and oxygen atoms in total. The van der Waals surface area contributed by atoms with Gasteiger partial charge in [-0.1, -0.05) is 19.8 Å². The van der Waals surface area contributed by atoms with E-state index in [2.05, 4.69) is 12.2 Å². The van der Waals surface area contributed by atoms with Gasteiger partial charge in [-0.05, 0) is 37.6 Å². The molecule has 0 saturated heterocycles. The maximum Gasteiger partial charge on any atom is 0.0615 e. The van der Waals surface area contributed by atoms with Gasteiger partial charge in [-0.3, -0.25) is 0 Å². The van der Waals surface area contributed by atoms with Crippen molar-refractivity contribution in [2.45, 2.75) is 45.1 Å². The number of hydrogen-bond acceptors (Lipinski definition) is 3. The molecule has 96 valence electrons. The number of hydrogen-bond donors (Lipinski definition) is 2. The summed E-state index contributed by atoms with van der Waals surface area (Å²) in [7, 11) is 1.75. The van der Waals surface area contributed by atoms with Crippen LogP contribution in [0.3, 0.4) is 0 Å². The molecule has 3 heteroatoms. The molecule has 0 bridgehead atoms. The van der Waals surface area contributed by atoms with Crippen LogP contribution in [0.5, 0.6) is 0 Å². The van der Waals surface area contributed by atoms with Crippen LogP contribution in [0.25, 0.3) is 0 Å². The highest BCUT2D eigenvalue weighted by Gasteiger charge is 2.24. The van der Waals surface area contributed by atoms with Crippen LogP contribution in [-0.4, -0.2) is 38.0 Å². The summed E-state index contributed by atoms with van der Waals surface area (Å²) in [6.45, 7) is 4.36. The van der Waals surface area contributed by atoms with Crippen molar-refractivity contribution in [2.75, 3.05) is 26.9 Å². The molecule has 0 radical (unpaired) electrons. The third-order valence-electron chi connectivity index (χ3n) is 3.83. The van der Waals surface area contributed by atoms with E-state index in [0.717, 1.165) is 19.6 Å². The highest BCUT2D eigenvalue weighted by molar-refractivity contribution is 4.78. The van der Waals surface area contributed by atoms with E-state index in [1.165, 1.54) is 25.7 Å². The molecule has 0 heterocycles. The van der Waals surface area contributed by atoms with Crippen molar-refractivity contribution in [3.63, 3.8) is 0 Å². The fraction of sp³-hybridized carbons (Fsp3) is 1.00. The number of methoxy groups -OCH3 is 1. The third kappa shape index (κ3) is 4.40. The smallest absolute Gasteiger partial charge is 0.0615 e. The summed E-state index contributed by atoms with van der Waals surface area (Å²) in [6.07, 6.45) is 6.18. The van der Waals surface area contributed by atoms with E-state index in [-0.39, 0.29) is 0 Å². The Hall–Kier alpha value is -0.120. The predicted octanol–water partition coefficient (Wildman–Crippen LogP) is 1.80. The normalized spacial score (nSPS) is 27.9. The van der Waals surface area contributed by atoms with E-state index in [0.29, 0.717) is 24.5 Å². The summed E-state index contributed by atoms with van der Waals surface area (Å²) in [5.41, 5.74) is 0. The highest BCUT2D eigenvalue weighted by atomic mass is 16.5. The Morgan fingerprint density at radius 1 is 1.31 bits per heavy atom. The highest BCUT2D eigenvalue weighted by Crippen LogP contribution is 2.29. The first-order chi connectivity index (χ1) is 7.81. The summed E-state index contributed by atoms with van der Waals surface area (Å²) < 4.78 is 5.18. The van der Waals surface area contributed by atoms with Gasteiger partial charge in [0, 0.05) is 19.8 Å². The number of ether oxygens (including phenoxy) is 1. The van der Waals surface area contributed by atoms with Gasteiger partial charge in [0.05, 0.1) is 6.61 Å². The molecule has 3 unspecified atom stereocenters. The van der Waals surface area contributed by atoms with Crippen LogP contribution >= 0.6 is 0 Å². The van der Waals surface area contributed by atoms with E-state index in [1.54, 1.807) is 7.11 Å². The summed E-state index contributed by atoms with van der Waals surface area (Å²) in [6, 6.07) is 0.464. The first-order valence-electron chi connectivity index (χ1n) is 6.65. The van der Waals surface area contributed by atoms with Crippen LogP contribution in [0.4, 0.5) is 0 Å². The number of aliphatic hydroxyl groups excluding tert-OH is 1. The molecule has 1 aliphatic carbocycles. The Morgan fingerprint density at radius 2 is 2.00 bits per heavy atom. The maximum absolute atomic E-state index is 9.33. The Labute approximate surface area is 99.6 Å². The number of rotatable bonds is 7. The average Bonchev–Trinajstić information content (AvgIpc) is 2.34. The Balaban J connectivity index is 2.28. The van der Waals surface area contributed by atoms with Crippen LogP contribution in [-0.2, 0) is 4.74 Å². The lowest BCUT2D eigenvalue weighted by molar-refractivity contribution is 0.120. The topological polar surface area (TPSA) is 41.5 Å². The van der Waals surface area contributed by atoms with Crippen molar-refractivity contribution in [1.29, 1.82) is 0 Å². The van der Waals surface area contributed by atoms with E-state index < -0.39 is 0 Å². The van der Waals surface area contributed by atoms with Gasteiger partial charge >= 0.3 is 0 Å². The van der Waals surface area contributed by atoms with Crippen molar-refractivity contribution < 1.29 is 9.84 Å². The largest absolute Gasteiger partial charge is 0.396 e. The van der Waals surface area contributed by atoms with Crippen LogP contribution in [0.15, 0.2) is 0 Å². The quantitative estimate of drug-likeness (QED) is 0.699. The van der Waals surface area contributed by atoms with Crippen LogP contribution in [0.2, 0.25) is 0 Å². The van der Waals surface area contributed by atoms with Gasteiger partial charge in [-0.2, -0.15) is 0 Å². The molecule has 0 aliphatic heterocycles. The second-order valence-electron chi connectivity index (χ2n) is 4.96. The molecule has 3 atom stereocenters. The fourth-order valence-corrected chi connectivity index (χ4v) is 2.63. The zero-order valence-electron chi connectivity index (χ0n) is 10.7. The third-order valence-corrected chi connectivity index (χ3v) is 3.83. The molecular formula is C13H27NO2. The van der Waals surface area contributed by atoms with Crippen LogP contribution in [0.1, 0.15) is 39.0 Å². The van der Waals surface area contributed by atoms with Crippen molar-refractivity contribution in [2.24, 2.45) is 11.8 Å². The maximum atomic E-state index is 9.33. The molecule has 0 spiro atoms. The predicted molar refractivity (Wildman–Crippen MR) is 66.5 cm³/mol. The lowest BCUT2D eigenvalue weighted by Crippen LogP contribution is -2.39. The van der Waals surface area contributed by atoms with Gasteiger partial charge in [-0.15, -0.1) is 0 Å². The van der Waals surface area contributed by atoms with E-state index in [9.17, 15) is 5.11 Å². The second-order valence-corrected chi connectivity index (χ2v) is 4.96. The Bertz CT molecular complexity index is 175. The molecule has 16 heavy (non-hydrogen) atoms. The summed E-state index contributed by atoms with van der Waals surface area (Å²) in [4.78, 5) is 0.